The number of carbonyl (C=O) groups is 2. The van der Waals surface area contributed by atoms with Crippen LogP contribution in [-0.2, 0) is 24.3 Å². The molecule has 0 spiro atoms. The largest absolute Gasteiger partial charge is 0.376 e. The van der Waals surface area contributed by atoms with Crippen molar-refractivity contribution in [2.75, 3.05) is 19.7 Å². The predicted molar refractivity (Wildman–Crippen MR) is 117 cm³/mol. The Balaban J connectivity index is 1.36. The summed E-state index contributed by atoms with van der Waals surface area (Å²) in [6, 6.07) is 7.72. The van der Waals surface area contributed by atoms with Gasteiger partial charge in [0.2, 0.25) is 21.8 Å². The molecule has 9 heteroatoms. The third-order valence-corrected chi connectivity index (χ3v) is 7.55. The molecule has 0 aromatic heterocycles. The molecule has 0 unspecified atom stereocenters. The Labute approximate surface area is 184 Å². The van der Waals surface area contributed by atoms with E-state index in [1.807, 2.05) is 0 Å². The van der Waals surface area contributed by atoms with Crippen molar-refractivity contribution >= 4 is 21.8 Å². The van der Waals surface area contributed by atoms with Crippen molar-refractivity contribution in [2.45, 2.75) is 62.5 Å². The molecule has 1 saturated carbocycles. The van der Waals surface area contributed by atoms with Crippen molar-refractivity contribution in [3.63, 3.8) is 0 Å². The van der Waals surface area contributed by atoms with Crippen LogP contribution in [0.5, 0.6) is 0 Å². The Morgan fingerprint density at radius 2 is 1.77 bits per heavy atom. The maximum absolute atomic E-state index is 12.6. The van der Waals surface area contributed by atoms with E-state index < -0.39 is 16.1 Å². The fraction of sp³-hybridized carbons (Fsp3) is 0.636. The van der Waals surface area contributed by atoms with Gasteiger partial charge in [-0.05, 0) is 63.5 Å². The molecule has 2 amide bonds. The van der Waals surface area contributed by atoms with Gasteiger partial charge < -0.3 is 15.4 Å². The lowest BCUT2D eigenvalue weighted by Gasteiger charge is -2.28. The Bertz CT molecular complexity index is 832. The van der Waals surface area contributed by atoms with Gasteiger partial charge in [-0.3, -0.25) is 9.59 Å². The summed E-state index contributed by atoms with van der Waals surface area (Å²) in [7, 11) is -3.51. The van der Waals surface area contributed by atoms with E-state index >= 15 is 0 Å². The Morgan fingerprint density at radius 1 is 1.06 bits per heavy atom. The smallest absolute Gasteiger partial charge is 0.242 e. The van der Waals surface area contributed by atoms with Gasteiger partial charge in [-0.25, -0.2) is 13.1 Å². The molecule has 1 aliphatic heterocycles. The number of ether oxygens (including phenoxy) is 1. The summed E-state index contributed by atoms with van der Waals surface area (Å²) in [5.41, 5.74) is 0. The number of sulfonamides is 1. The van der Waals surface area contributed by atoms with E-state index in [1.54, 1.807) is 37.3 Å². The monoisotopic (exact) mass is 451 g/mol. The second kappa shape index (κ2) is 11.1. The van der Waals surface area contributed by atoms with E-state index in [4.69, 9.17) is 4.74 Å². The highest BCUT2D eigenvalue weighted by atomic mass is 32.2. The lowest BCUT2D eigenvalue weighted by molar-refractivity contribution is -0.131. The lowest BCUT2D eigenvalue weighted by atomic mass is 9.81. The van der Waals surface area contributed by atoms with Gasteiger partial charge in [-0.2, -0.15) is 0 Å². The third-order valence-electron chi connectivity index (χ3n) is 6.11. The molecule has 1 aromatic rings. The van der Waals surface area contributed by atoms with Gasteiger partial charge in [-0.1, -0.05) is 18.2 Å². The zero-order valence-electron chi connectivity index (χ0n) is 18.0. The first-order chi connectivity index (χ1) is 14.8. The van der Waals surface area contributed by atoms with Gasteiger partial charge in [0.25, 0.3) is 0 Å². The first-order valence-electron chi connectivity index (χ1n) is 11.1. The molecule has 8 nitrogen and oxygen atoms in total. The van der Waals surface area contributed by atoms with Crippen LogP contribution in [0.3, 0.4) is 0 Å². The van der Waals surface area contributed by atoms with Crippen LogP contribution in [0.25, 0.3) is 0 Å². The number of carbonyl (C=O) groups excluding carboxylic acids is 2. The maximum Gasteiger partial charge on any atom is 0.242 e. The minimum absolute atomic E-state index is 0.0708. The van der Waals surface area contributed by atoms with Crippen molar-refractivity contribution in [3.8, 4) is 0 Å². The molecule has 1 aliphatic carbocycles. The van der Waals surface area contributed by atoms with E-state index in [-0.39, 0.29) is 34.6 Å². The van der Waals surface area contributed by atoms with Crippen LogP contribution < -0.4 is 15.4 Å². The SMILES string of the molecule is C[C@H](NC(=O)C1CCC(CNS(=O)(=O)c2ccccc2)CC1)C(=O)NC[C@H]1CCCO1. The van der Waals surface area contributed by atoms with E-state index in [0.717, 1.165) is 32.3 Å². The lowest BCUT2D eigenvalue weighted by Crippen LogP contribution is -2.48. The summed E-state index contributed by atoms with van der Waals surface area (Å²) < 4.78 is 32.9. The first kappa shape index (κ1) is 23.7. The minimum atomic E-state index is -3.51. The summed E-state index contributed by atoms with van der Waals surface area (Å²) in [6.45, 7) is 3.27. The third kappa shape index (κ3) is 7.02. The summed E-state index contributed by atoms with van der Waals surface area (Å²) in [6.07, 6.45) is 4.96. The highest BCUT2D eigenvalue weighted by Crippen LogP contribution is 2.29. The summed E-state index contributed by atoms with van der Waals surface area (Å²) in [5.74, 6) is -0.249. The normalized spacial score (nSPS) is 25.0. The number of rotatable bonds is 9. The zero-order valence-corrected chi connectivity index (χ0v) is 18.8. The first-order valence-corrected chi connectivity index (χ1v) is 12.6. The van der Waals surface area contributed by atoms with E-state index in [1.165, 1.54) is 0 Å². The van der Waals surface area contributed by atoms with Gasteiger partial charge in [0, 0.05) is 25.6 Å². The molecule has 1 aromatic carbocycles. The summed E-state index contributed by atoms with van der Waals surface area (Å²) in [4.78, 5) is 25.0. The standard InChI is InChI=1S/C22H33N3O5S/c1-16(21(26)23-15-19-6-5-13-30-19)25-22(27)18-11-9-17(10-12-18)14-24-31(28,29)20-7-3-2-4-8-20/h2-4,7-8,16-19,24H,5-6,9-15H2,1H3,(H,23,26)(H,25,27)/t16-,17?,18?,19+/m0/s1. The number of amides is 2. The van der Waals surface area contributed by atoms with Crippen LogP contribution in [-0.4, -0.2) is 52.1 Å². The van der Waals surface area contributed by atoms with Crippen molar-refractivity contribution < 1.29 is 22.7 Å². The molecule has 2 aliphatic rings. The molecule has 0 bridgehead atoms. The van der Waals surface area contributed by atoms with Crippen molar-refractivity contribution in [1.82, 2.24) is 15.4 Å². The number of nitrogens with one attached hydrogen (secondary N) is 3. The van der Waals surface area contributed by atoms with E-state index in [2.05, 4.69) is 15.4 Å². The molecule has 3 N–H and O–H groups in total. The highest BCUT2D eigenvalue weighted by Gasteiger charge is 2.29. The Morgan fingerprint density at radius 3 is 2.42 bits per heavy atom. The number of hydrogen-bond donors (Lipinski definition) is 3. The number of benzene rings is 1. The maximum atomic E-state index is 12.6. The number of hydrogen-bond acceptors (Lipinski definition) is 5. The average molecular weight is 452 g/mol. The Hall–Kier alpha value is -1.97. The van der Waals surface area contributed by atoms with E-state index in [9.17, 15) is 18.0 Å². The molecule has 0 radical (unpaired) electrons. The fourth-order valence-electron chi connectivity index (χ4n) is 4.11. The van der Waals surface area contributed by atoms with Gasteiger partial charge in [0.1, 0.15) is 6.04 Å². The van der Waals surface area contributed by atoms with Crippen LogP contribution in [0.4, 0.5) is 0 Å². The second-order valence-electron chi connectivity index (χ2n) is 8.49. The summed E-state index contributed by atoms with van der Waals surface area (Å²) in [5, 5.41) is 5.65. The predicted octanol–water partition coefficient (Wildman–Crippen LogP) is 1.57. The average Bonchev–Trinajstić information content (AvgIpc) is 3.30. The molecule has 31 heavy (non-hydrogen) atoms. The van der Waals surface area contributed by atoms with Crippen molar-refractivity contribution in [1.29, 1.82) is 0 Å². The fourth-order valence-corrected chi connectivity index (χ4v) is 5.25. The second-order valence-corrected chi connectivity index (χ2v) is 10.3. The summed E-state index contributed by atoms with van der Waals surface area (Å²) >= 11 is 0. The van der Waals surface area contributed by atoms with Crippen LogP contribution in [0.2, 0.25) is 0 Å². The molecule has 172 valence electrons. The topological polar surface area (TPSA) is 114 Å². The highest BCUT2D eigenvalue weighted by molar-refractivity contribution is 7.89. The van der Waals surface area contributed by atoms with Gasteiger partial charge >= 0.3 is 0 Å². The quantitative estimate of drug-likeness (QED) is 0.527. The van der Waals surface area contributed by atoms with Gasteiger partial charge in [0.05, 0.1) is 11.0 Å². The van der Waals surface area contributed by atoms with Gasteiger partial charge in [0.15, 0.2) is 0 Å². The van der Waals surface area contributed by atoms with Crippen molar-refractivity contribution in [2.24, 2.45) is 11.8 Å². The molecule has 1 saturated heterocycles. The van der Waals surface area contributed by atoms with Crippen LogP contribution in [0.15, 0.2) is 35.2 Å². The molecule has 2 atom stereocenters. The molecule has 2 fully saturated rings. The minimum Gasteiger partial charge on any atom is -0.376 e. The zero-order chi connectivity index (χ0) is 22.3. The Kier molecular flexibility index (Phi) is 8.45. The molecule has 1 heterocycles. The van der Waals surface area contributed by atoms with Gasteiger partial charge in [-0.15, -0.1) is 0 Å². The van der Waals surface area contributed by atoms with Crippen LogP contribution in [0.1, 0.15) is 45.4 Å². The van der Waals surface area contributed by atoms with Crippen LogP contribution in [0, 0.1) is 11.8 Å². The van der Waals surface area contributed by atoms with E-state index in [0.29, 0.717) is 25.9 Å². The molecule has 3 rings (SSSR count). The molecular formula is C22H33N3O5S. The van der Waals surface area contributed by atoms with Crippen LogP contribution >= 0.6 is 0 Å². The van der Waals surface area contributed by atoms with Crippen molar-refractivity contribution in [3.05, 3.63) is 30.3 Å². The molecular weight excluding hydrogens is 418 g/mol.